The fourth-order valence-corrected chi connectivity index (χ4v) is 0.276. The smallest absolute Gasteiger partial charge is 0.153 e. The molecule has 0 aliphatic heterocycles. The van der Waals surface area contributed by atoms with Crippen LogP contribution in [0.1, 0.15) is 0 Å². The van der Waals surface area contributed by atoms with Gasteiger partial charge in [0.1, 0.15) is 0 Å². The monoisotopic (exact) mass is 112 g/mol. The Kier molecular flexibility index (Phi) is 3.48. The molecule has 2 N–H and O–H groups in total. The highest BCUT2D eigenvalue weighted by Gasteiger charge is 1.82. The van der Waals surface area contributed by atoms with E-state index in [0.29, 0.717) is 11.9 Å². The van der Waals surface area contributed by atoms with Crippen LogP contribution in [0.2, 0.25) is 0 Å². The lowest BCUT2D eigenvalue weighted by molar-refractivity contribution is -0.104. The van der Waals surface area contributed by atoms with Gasteiger partial charge in [0.05, 0.1) is 0 Å². The summed E-state index contributed by atoms with van der Waals surface area (Å²) in [4.78, 5) is 9.87. The van der Waals surface area contributed by atoms with E-state index >= 15 is 0 Å². The summed E-state index contributed by atoms with van der Waals surface area (Å²) in [6.07, 6.45) is 3.06. The van der Waals surface area contributed by atoms with E-state index < -0.39 is 0 Å². The Morgan fingerprint density at radius 1 is 1.75 bits per heavy atom. The van der Waals surface area contributed by atoms with E-state index in [1.165, 1.54) is 6.20 Å². The first-order valence-electron chi connectivity index (χ1n) is 2.18. The highest BCUT2D eigenvalue weighted by molar-refractivity contribution is 6.00. The third-order valence-corrected chi connectivity index (χ3v) is 0.614. The molecule has 0 atom stereocenters. The van der Waals surface area contributed by atoms with Crippen molar-refractivity contribution < 1.29 is 4.79 Å². The first-order valence-corrected chi connectivity index (χ1v) is 2.18. The van der Waals surface area contributed by atoms with E-state index in [9.17, 15) is 4.79 Å². The van der Waals surface area contributed by atoms with Gasteiger partial charge < -0.3 is 10.7 Å². The van der Waals surface area contributed by atoms with Gasteiger partial charge in [-0.15, -0.1) is 0 Å². The van der Waals surface area contributed by atoms with E-state index in [0.717, 1.165) is 6.21 Å². The van der Waals surface area contributed by atoms with Crippen molar-refractivity contribution in [3.63, 3.8) is 0 Å². The Morgan fingerprint density at radius 2 is 2.38 bits per heavy atom. The Morgan fingerprint density at radius 3 is 2.50 bits per heavy atom. The highest BCUT2D eigenvalue weighted by atomic mass is 16.1. The van der Waals surface area contributed by atoms with E-state index in [1.54, 1.807) is 7.05 Å². The standard InChI is InChI=1S/C5H8N2O/c1-7-3-5(2-6)4-8/h2-4,6-7H,1H3/b5-3+,6-2?. The zero-order chi connectivity index (χ0) is 6.41. The minimum Gasteiger partial charge on any atom is -0.393 e. The lowest BCUT2D eigenvalue weighted by Crippen LogP contribution is -1.97. The normalized spacial score (nSPS) is 10.4. The Balaban J connectivity index is 3.85. The minimum atomic E-state index is 0.340. The number of carbonyl (C=O) groups is 1. The van der Waals surface area contributed by atoms with Gasteiger partial charge in [0, 0.05) is 25.0 Å². The van der Waals surface area contributed by atoms with Gasteiger partial charge >= 0.3 is 0 Å². The van der Waals surface area contributed by atoms with Crippen molar-refractivity contribution in [2.75, 3.05) is 7.05 Å². The molecule has 0 aliphatic carbocycles. The molecule has 0 bridgehead atoms. The minimum absolute atomic E-state index is 0.340. The highest BCUT2D eigenvalue weighted by Crippen LogP contribution is 1.76. The predicted octanol–water partition coefficient (Wildman–Crippen LogP) is -0.0618. The molecule has 0 aromatic carbocycles. The molecule has 0 spiro atoms. The first kappa shape index (κ1) is 6.88. The van der Waals surface area contributed by atoms with Crippen LogP contribution in [0.25, 0.3) is 0 Å². The number of rotatable bonds is 3. The maximum atomic E-state index is 9.87. The lowest BCUT2D eigenvalue weighted by Gasteiger charge is -1.85. The van der Waals surface area contributed by atoms with E-state index in [-0.39, 0.29) is 0 Å². The second-order valence-electron chi connectivity index (χ2n) is 1.20. The average Bonchev–Trinajstić information content (AvgIpc) is 1.83. The molecule has 0 unspecified atom stereocenters. The molecule has 0 aromatic rings. The van der Waals surface area contributed by atoms with Gasteiger partial charge in [-0.05, 0) is 0 Å². The van der Waals surface area contributed by atoms with Crippen LogP contribution in [0.5, 0.6) is 0 Å². The van der Waals surface area contributed by atoms with E-state index in [1.807, 2.05) is 0 Å². The maximum absolute atomic E-state index is 9.87. The number of carbonyl (C=O) groups excluding carboxylic acids is 1. The number of nitrogens with one attached hydrogen (secondary N) is 2. The molecule has 44 valence electrons. The van der Waals surface area contributed by atoms with Crippen molar-refractivity contribution in [2.24, 2.45) is 0 Å². The molecule has 0 radical (unpaired) electrons. The van der Waals surface area contributed by atoms with Crippen molar-refractivity contribution in [3.05, 3.63) is 11.8 Å². The zero-order valence-corrected chi connectivity index (χ0v) is 4.64. The van der Waals surface area contributed by atoms with Gasteiger partial charge in [-0.25, -0.2) is 0 Å². The number of hydrogen-bond donors (Lipinski definition) is 2. The molecule has 0 fully saturated rings. The van der Waals surface area contributed by atoms with E-state index in [4.69, 9.17) is 5.41 Å². The van der Waals surface area contributed by atoms with Gasteiger partial charge in [-0.2, -0.15) is 0 Å². The molecule has 0 saturated heterocycles. The lowest BCUT2D eigenvalue weighted by atomic mass is 10.3. The largest absolute Gasteiger partial charge is 0.393 e. The van der Waals surface area contributed by atoms with Gasteiger partial charge in [0.15, 0.2) is 6.29 Å². The predicted molar refractivity (Wildman–Crippen MR) is 32.0 cm³/mol. The summed E-state index contributed by atoms with van der Waals surface area (Å²) in [5.74, 6) is 0. The second kappa shape index (κ2) is 4.05. The van der Waals surface area contributed by atoms with Crippen LogP contribution in [0.4, 0.5) is 0 Å². The molecule has 0 aliphatic rings. The van der Waals surface area contributed by atoms with Crippen LogP contribution < -0.4 is 5.32 Å². The summed E-state index contributed by atoms with van der Waals surface area (Å²) in [5, 5.41) is 9.22. The summed E-state index contributed by atoms with van der Waals surface area (Å²) >= 11 is 0. The van der Waals surface area contributed by atoms with Gasteiger partial charge in [0.2, 0.25) is 0 Å². The Labute approximate surface area is 47.9 Å². The Hall–Kier alpha value is -1.12. The third-order valence-electron chi connectivity index (χ3n) is 0.614. The fourth-order valence-electron chi connectivity index (χ4n) is 0.276. The summed E-state index contributed by atoms with van der Waals surface area (Å²) in [6.45, 7) is 0. The fraction of sp³-hybridized carbons (Fsp3) is 0.200. The molecule has 0 rings (SSSR count). The van der Waals surface area contributed by atoms with Crippen molar-refractivity contribution in [1.82, 2.24) is 5.32 Å². The number of aldehydes is 1. The molecule has 0 amide bonds. The SMILES string of the molecule is CN/C=C(\C=N)C=O. The molecule has 3 nitrogen and oxygen atoms in total. The first-order chi connectivity index (χ1) is 3.85. The van der Waals surface area contributed by atoms with Crippen LogP contribution >= 0.6 is 0 Å². The maximum Gasteiger partial charge on any atom is 0.153 e. The molecule has 3 heteroatoms. The Bertz CT molecular complexity index is 108. The van der Waals surface area contributed by atoms with Crippen LogP contribution in [-0.4, -0.2) is 19.5 Å². The molecule has 0 aromatic heterocycles. The summed E-state index contributed by atoms with van der Waals surface area (Å²) < 4.78 is 0. The second-order valence-corrected chi connectivity index (χ2v) is 1.20. The van der Waals surface area contributed by atoms with Gasteiger partial charge in [-0.3, -0.25) is 4.79 Å². The molecule has 0 saturated carbocycles. The molecular formula is C5H8N2O. The molecule has 8 heavy (non-hydrogen) atoms. The van der Waals surface area contributed by atoms with Crippen LogP contribution in [0.15, 0.2) is 11.8 Å². The van der Waals surface area contributed by atoms with Crippen LogP contribution in [-0.2, 0) is 4.79 Å². The van der Waals surface area contributed by atoms with Crippen molar-refractivity contribution >= 4 is 12.5 Å². The van der Waals surface area contributed by atoms with E-state index in [2.05, 4.69) is 5.32 Å². The molecular weight excluding hydrogens is 104 g/mol. The summed E-state index contributed by atoms with van der Waals surface area (Å²) in [6, 6.07) is 0. The topological polar surface area (TPSA) is 53.0 Å². The summed E-state index contributed by atoms with van der Waals surface area (Å²) in [5.41, 5.74) is 0.340. The zero-order valence-electron chi connectivity index (χ0n) is 4.64. The average molecular weight is 112 g/mol. The van der Waals surface area contributed by atoms with Crippen LogP contribution in [0.3, 0.4) is 0 Å². The summed E-state index contributed by atoms with van der Waals surface area (Å²) in [7, 11) is 1.67. The number of allylic oxidation sites excluding steroid dienone is 1. The van der Waals surface area contributed by atoms with Crippen LogP contribution in [0, 0.1) is 5.41 Å². The quantitative estimate of drug-likeness (QED) is 0.305. The van der Waals surface area contributed by atoms with Gasteiger partial charge in [0.25, 0.3) is 0 Å². The van der Waals surface area contributed by atoms with Crippen molar-refractivity contribution in [2.45, 2.75) is 0 Å². The van der Waals surface area contributed by atoms with Gasteiger partial charge in [-0.1, -0.05) is 0 Å². The number of hydrogen-bond acceptors (Lipinski definition) is 3. The third kappa shape index (κ3) is 2.12. The van der Waals surface area contributed by atoms with Crippen molar-refractivity contribution in [1.29, 1.82) is 5.41 Å². The molecule has 0 heterocycles. The van der Waals surface area contributed by atoms with Crippen molar-refractivity contribution in [3.8, 4) is 0 Å².